The van der Waals surface area contributed by atoms with Crippen molar-refractivity contribution in [2.75, 3.05) is 0 Å². The van der Waals surface area contributed by atoms with E-state index in [1.165, 1.54) is 16.3 Å². The lowest BCUT2D eigenvalue weighted by Gasteiger charge is -2.22. The maximum atomic E-state index is 5.80. The van der Waals surface area contributed by atoms with Gasteiger partial charge in [-0.05, 0) is 57.8 Å². The monoisotopic (exact) mass is 518 g/mol. The third-order valence-corrected chi connectivity index (χ3v) is 7.16. The quantitative estimate of drug-likeness (QED) is 0.225. The topological polar surface area (TPSA) is 62.8 Å². The molecule has 1 heterocycles. The van der Waals surface area contributed by atoms with Crippen LogP contribution in [0.4, 0.5) is 0 Å². The standard InChI is InChI=1S/C36H30N4/c1-2-25(23-24-37)32-22-21-26-11-9-10-16-31(26)33(32)27-17-19-30(20-18-27)36-39-34(28-12-5-3-6-13-28)38-35(40-36)29-14-7-4-8-15-29/h2-24,34H,37H2,1H3,(H,38,39,40)/b24-23-,25-2+. The zero-order valence-electron chi connectivity index (χ0n) is 22.3. The zero-order valence-corrected chi connectivity index (χ0v) is 22.3. The molecule has 194 valence electrons. The normalized spacial score (nSPS) is 15.5. The Kier molecular flexibility index (Phi) is 7.06. The molecule has 0 aromatic heterocycles. The van der Waals surface area contributed by atoms with E-state index in [-0.39, 0.29) is 6.17 Å². The molecule has 40 heavy (non-hydrogen) atoms. The summed E-state index contributed by atoms with van der Waals surface area (Å²) < 4.78 is 0. The highest BCUT2D eigenvalue weighted by Gasteiger charge is 2.21. The van der Waals surface area contributed by atoms with Crippen LogP contribution in [0, 0.1) is 0 Å². The smallest absolute Gasteiger partial charge is 0.169 e. The van der Waals surface area contributed by atoms with Crippen molar-refractivity contribution in [1.82, 2.24) is 5.32 Å². The van der Waals surface area contributed by atoms with E-state index in [1.807, 2.05) is 49.4 Å². The van der Waals surface area contributed by atoms with Crippen molar-refractivity contribution in [1.29, 1.82) is 0 Å². The van der Waals surface area contributed by atoms with Gasteiger partial charge in [0, 0.05) is 11.1 Å². The first kappa shape index (κ1) is 25.1. The second-order valence-corrected chi connectivity index (χ2v) is 9.62. The molecule has 1 aliphatic heterocycles. The van der Waals surface area contributed by atoms with Crippen LogP contribution in [0.1, 0.15) is 35.3 Å². The molecule has 6 rings (SSSR count). The third kappa shape index (κ3) is 4.95. The van der Waals surface area contributed by atoms with Gasteiger partial charge in [0.2, 0.25) is 0 Å². The first-order valence-corrected chi connectivity index (χ1v) is 13.5. The lowest BCUT2D eigenvalue weighted by molar-refractivity contribution is 0.756. The zero-order chi connectivity index (χ0) is 27.3. The van der Waals surface area contributed by atoms with Crippen LogP contribution in [0.5, 0.6) is 0 Å². The summed E-state index contributed by atoms with van der Waals surface area (Å²) in [6, 6.07) is 41.9. The van der Waals surface area contributed by atoms with Crippen molar-refractivity contribution in [3.05, 3.63) is 162 Å². The summed E-state index contributed by atoms with van der Waals surface area (Å²) in [5, 5.41) is 5.90. The number of nitrogens with zero attached hydrogens (tertiary/aromatic N) is 2. The summed E-state index contributed by atoms with van der Waals surface area (Å²) in [7, 11) is 0. The average Bonchev–Trinajstić information content (AvgIpc) is 3.04. The van der Waals surface area contributed by atoms with Gasteiger partial charge in [-0.2, -0.15) is 0 Å². The predicted octanol–water partition coefficient (Wildman–Crippen LogP) is 7.88. The van der Waals surface area contributed by atoms with Gasteiger partial charge in [-0.25, -0.2) is 9.98 Å². The minimum atomic E-state index is -0.322. The van der Waals surface area contributed by atoms with Crippen LogP contribution < -0.4 is 11.1 Å². The molecular formula is C36H30N4. The maximum Gasteiger partial charge on any atom is 0.169 e. The lowest BCUT2D eigenvalue weighted by atomic mass is 9.89. The molecule has 5 aromatic carbocycles. The van der Waals surface area contributed by atoms with Crippen LogP contribution in [0.15, 0.2) is 150 Å². The number of allylic oxidation sites excluding steroid dienone is 3. The number of nitrogens with two attached hydrogens (primary N) is 1. The Bertz CT molecular complexity index is 1760. The molecule has 0 aliphatic carbocycles. The van der Waals surface area contributed by atoms with Crippen LogP contribution in [0.3, 0.4) is 0 Å². The average molecular weight is 519 g/mol. The molecule has 0 fully saturated rings. The van der Waals surface area contributed by atoms with Crippen LogP contribution in [0.25, 0.3) is 27.5 Å². The van der Waals surface area contributed by atoms with Gasteiger partial charge in [-0.15, -0.1) is 0 Å². The van der Waals surface area contributed by atoms with Crippen LogP contribution >= 0.6 is 0 Å². The number of fused-ring (bicyclic) bond motifs is 1. The Morgan fingerprint density at radius 1 is 0.675 bits per heavy atom. The van der Waals surface area contributed by atoms with Crippen LogP contribution in [0.2, 0.25) is 0 Å². The van der Waals surface area contributed by atoms with Gasteiger partial charge in [0.05, 0.1) is 0 Å². The fraction of sp³-hybridized carbons (Fsp3) is 0.0556. The highest BCUT2D eigenvalue weighted by atomic mass is 15.2. The highest BCUT2D eigenvalue weighted by Crippen LogP contribution is 2.36. The van der Waals surface area contributed by atoms with Gasteiger partial charge >= 0.3 is 0 Å². The minimum absolute atomic E-state index is 0.322. The summed E-state index contributed by atoms with van der Waals surface area (Å²) in [4.78, 5) is 9.97. The summed E-state index contributed by atoms with van der Waals surface area (Å²) in [6.07, 6.45) is 5.33. The number of aliphatic imine (C=N–C) groups is 2. The largest absolute Gasteiger partial charge is 0.405 e. The van der Waals surface area contributed by atoms with E-state index >= 15 is 0 Å². The Hall–Kier alpha value is -5.22. The van der Waals surface area contributed by atoms with E-state index in [0.717, 1.165) is 45.1 Å². The van der Waals surface area contributed by atoms with Crippen molar-refractivity contribution in [2.24, 2.45) is 15.7 Å². The molecule has 0 saturated heterocycles. The predicted molar refractivity (Wildman–Crippen MR) is 168 cm³/mol. The lowest BCUT2D eigenvalue weighted by Crippen LogP contribution is -2.36. The third-order valence-electron chi connectivity index (χ3n) is 7.16. The number of hydrogen-bond donors (Lipinski definition) is 2. The van der Waals surface area contributed by atoms with Gasteiger partial charge < -0.3 is 11.1 Å². The number of nitrogens with one attached hydrogen (secondary N) is 1. The molecule has 3 N–H and O–H groups in total. The van der Waals surface area contributed by atoms with E-state index in [4.69, 9.17) is 15.7 Å². The molecule has 1 atom stereocenters. The first-order valence-electron chi connectivity index (χ1n) is 13.5. The first-order chi connectivity index (χ1) is 19.7. The van der Waals surface area contributed by atoms with Gasteiger partial charge in [-0.1, -0.05) is 127 Å². The summed E-state index contributed by atoms with van der Waals surface area (Å²) in [6.45, 7) is 2.04. The molecule has 1 unspecified atom stereocenters. The molecule has 0 amide bonds. The molecule has 0 spiro atoms. The van der Waals surface area contributed by atoms with Crippen molar-refractivity contribution in [3.63, 3.8) is 0 Å². The highest BCUT2D eigenvalue weighted by molar-refractivity contribution is 6.16. The van der Waals surface area contributed by atoms with Gasteiger partial charge in [0.15, 0.2) is 6.17 Å². The fourth-order valence-electron chi connectivity index (χ4n) is 5.18. The second-order valence-electron chi connectivity index (χ2n) is 9.62. The maximum absolute atomic E-state index is 5.80. The minimum Gasteiger partial charge on any atom is -0.405 e. The van der Waals surface area contributed by atoms with Gasteiger partial charge in [-0.3, -0.25) is 0 Å². The summed E-state index contributed by atoms with van der Waals surface area (Å²) in [5.74, 6) is 1.61. The molecule has 4 heteroatoms. The Morgan fingerprint density at radius 2 is 1.27 bits per heavy atom. The summed E-state index contributed by atoms with van der Waals surface area (Å²) in [5.41, 5.74) is 13.4. The van der Waals surface area contributed by atoms with E-state index in [1.54, 1.807) is 6.20 Å². The number of amidine groups is 2. The molecular weight excluding hydrogens is 488 g/mol. The number of benzene rings is 5. The Labute approximate surface area is 234 Å². The van der Waals surface area contributed by atoms with E-state index in [2.05, 4.69) is 96.3 Å². The molecule has 1 aliphatic rings. The number of hydrogen-bond acceptors (Lipinski definition) is 4. The molecule has 0 saturated carbocycles. The summed E-state index contributed by atoms with van der Waals surface area (Å²) >= 11 is 0. The SMILES string of the molecule is C/C=C(\C=C/N)c1ccc2ccccc2c1-c1ccc(C2=NC(c3ccccc3)N=C(c3ccccc3)N2)cc1. The fourth-order valence-corrected chi connectivity index (χ4v) is 5.18. The number of rotatable bonds is 6. The van der Waals surface area contributed by atoms with E-state index in [0.29, 0.717) is 0 Å². The van der Waals surface area contributed by atoms with Crippen LogP contribution in [-0.4, -0.2) is 11.7 Å². The molecule has 0 radical (unpaired) electrons. The molecule has 5 aromatic rings. The second kappa shape index (κ2) is 11.3. The molecule has 0 bridgehead atoms. The molecule has 4 nitrogen and oxygen atoms in total. The van der Waals surface area contributed by atoms with Crippen LogP contribution in [-0.2, 0) is 0 Å². The Balaban J connectivity index is 1.43. The van der Waals surface area contributed by atoms with Crippen molar-refractivity contribution in [3.8, 4) is 11.1 Å². The van der Waals surface area contributed by atoms with E-state index in [9.17, 15) is 0 Å². The van der Waals surface area contributed by atoms with Gasteiger partial charge in [0.25, 0.3) is 0 Å². The van der Waals surface area contributed by atoms with Crippen molar-refractivity contribution >= 4 is 28.0 Å². The van der Waals surface area contributed by atoms with Gasteiger partial charge in [0.1, 0.15) is 11.7 Å². The van der Waals surface area contributed by atoms with Crippen molar-refractivity contribution in [2.45, 2.75) is 13.1 Å². The Morgan fingerprint density at radius 3 is 1.95 bits per heavy atom. The van der Waals surface area contributed by atoms with Crippen molar-refractivity contribution < 1.29 is 0 Å². The van der Waals surface area contributed by atoms with E-state index < -0.39 is 0 Å².